The first-order chi connectivity index (χ1) is 8.11. The van der Waals surface area contributed by atoms with Crippen LogP contribution in [0.15, 0.2) is 18.2 Å². The number of rotatable bonds is 6. The molecule has 0 aliphatic carbocycles. The van der Waals surface area contributed by atoms with Crippen molar-refractivity contribution in [2.45, 2.75) is 45.6 Å². The van der Waals surface area contributed by atoms with E-state index in [1.807, 2.05) is 13.8 Å². The molecule has 1 rings (SSSR count). The summed E-state index contributed by atoms with van der Waals surface area (Å²) >= 11 is 0. The van der Waals surface area contributed by atoms with Crippen molar-refractivity contribution >= 4 is 0 Å². The van der Waals surface area contributed by atoms with E-state index in [2.05, 4.69) is 0 Å². The molecule has 1 N–H and O–H groups in total. The lowest BCUT2D eigenvalue weighted by atomic mass is 9.88. The van der Waals surface area contributed by atoms with Crippen LogP contribution in [0.25, 0.3) is 0 Å². The summed E-state index contributed by atoms with van der Waals surface area (Å²) in [6.07, 6.45) is 2.60. The molecule has 0 aliphatic rings. The summed E-state index contributed by atoms with van der Waals surface area (Å²) in [7, 11) is 0. The summed E-state index contributed by atoms with van der Waals surface area (Å²) in [6.45, 7) is 4.05. The van der Waals surface area contributed by atoms with E-state index in [0.29, 0.717) is 0 Å². The molecule has 1 aromatic rings. The van der Waals surface area contributed by atoms with Gasteiger partial charge >= 0.3 is 0 Å². The van der Waals surface area contributed by atoms with Gasteiger partial charge in [0.25, 0.3) is 0 Å². The van der Waals surface area contributed by atoms with Crippen LogP contribution in [-0.4, -0.2) is 5.11 Å². The standard InChI is InChI=1S/C14H20F2O/c1-3-6-10(7-4-2)14(17)11-8-5-9-12(15)13(11)16/h5,8-10,14,17H,3-4,6-7H2,1-2H3. The van der Waals surface area contributed by atoms with Crippen LogP contribution in [0.4, 0.5) is 8.78 Å². The molecule has 0 heterocycles. The number of hydrogen-bond donors (Lipinski definition) is 1. The third-order valence-electron chi connectivity index (χ3n) is 3.07. The van der Waals surface area contributed by atoms with Crippen molar-refractivity contribution in [3.63, 3.8) is 0 Å². The Kier molecular flexibility index (Phi) is 5.56. The zero-order valence-corrected chi connectivity index (χ0v) is 10.4. The highest BCUT2D eigenvalue weighted by molar-refractivity contribution is 5.21. The molecule has 0 saturated heterocycles. The topological polar surface area (TPSA) is 20.2 Å². The number of halogens is 2. The van der Waals surface area contributed by atoms with E-state index in [1.165, 1.54) is 12.1 Å². The Balaban J connectivity index is 2.92. The van der Waals surface area contributed by atoms with Crippen LogP contribution in [0.1, 0.15) is 51.2 Å². The van der Waals surface area contributed by atoms with Crippen LogP contribution in [0.5, 0.6) is 0 Å². The monoisotopic (exact) mass is 242 g/mol. The molecule has 17 heavy (non-hydrogen) atoms. The number of hydrogen-bond acceptors (Lipinski definition) is 1. The van der Waals surface area contributed by atoms with Crippen molar-refractivity contribution in [2.75, 3.05) is 0 Å². The summed E-state index contributed by atoms with van der Waals surface area (Å²) in [5.74, 6) is -1.81. The highest BCUT2D eigenvalue weighted by Gasteiger charge is 2.23. The van der Waals surface area contributed by atoms with Gasteiger partial charge in [-0.15, -0.1) is 0 Å². The summed E-state index contributed by atoms with van der Waals surface area (Å²) in [5.41, 5.74) is 0.0805. The van der Waals surface area contributed by atoms with Gasteiger partial charge in [-0.1, -0.05) is 38.8 Å². The van der Waals surface area contributed by atoms with Gasteiger partial charge in [-0.2, -0.15) is 0 Å². The first-order valence-electron chi connectivity index (χ1n) is 6.23. The molecule has 1 unspecified atom stereocenters. The van der Waals surface area contributed by atoms with E-state index in [-0.39, 0.29) is 11.5 Å². The van der Waals surface area contributed by atoms with Crippen LogP contribution >= 0.6 is 0 Å². The summed E-state index contributed by atoms with van der Waals surface area (Å²) in [5, 5.41) is 10.1. The van der Waals surface area contributed by atoms with Gasteiger partial charge in [0.2, 0.25) is 0 Å². The lowest BCUT2D eigenvalue weighted by Crippen LogP contribution is -2.14. The highest BCUT2D eigenvalue weighted by Crippen LogP contribution is 2.31. The van der Waals surface area contributed by atoms with Gasteiger partial charge in [0.1, 0.15) is 0 Å². The van der Waals surface area contributed by atoms with Crippen molar-refractivity contribution < 1.29 is 13.9 Å². The van der Waals surface area contributed by atoms with Gasteiger partial charge in [-0.05, 0) is 24.8 Å². The van der Waals surface area contributed by atoms with Crippen LogP contribution in [-0.2, 0) is 0 Å². The zero-order valence-electron chi connectivity index (χ0n) is 10.4. The second-order valence-corrected chi connectivity index (χ2v) is 4.43. The van der Waals surface area contributed by atoms with Gasteiger partial charge in [-0.3, -0.25) is 0 Å². The fraction of sp³-hybridized carbons (Fsp3) is 0.571. The first-order valence-corrected chi connectivity index (χ1v) is 6.23. The molecular formula is C14H20F2O. The van der Waals surface area contributed by atoms with Gasteiger partial charge in [0, 0.05) is 5.56 Å². The second-order valence-electron chi connectivity index (χ2n) is 4.43. The smallest absolute Gasteiger partial charge is 0.164 e. The predicted octanol–water partition coefficient (Wildman–Crippen LogP) is 4.21. The number of benzene rings is 1. The normalized spacial score (nSPS) is 13.1. The van der Waals surface area contributed by atoms with Crippen molar-refractivity contribution in [2.24, 2.45) is 5.92 Å². The summed E-state index contributed by atoms with van der Waals surface area (Å²) < 4.78 is 26.6. The SMILES string of the molecule is CCCC(CCC)C(O)c1cccc(F)c1F. The Morgan fingerprint density at radius 1 is 1.12 bits per heavy atom. The number of aliphatic hydroxyl groups is 1. The van der Waals surface area contributed by atoms with Gasteiger partial charge in [0.15, 0.2) is 11.6 Å². The quantitative estimate of drug-likeness (QED) is 0.792. The second kappa shape index (κ2) is 6.70. The van der Waals surface area contributed by atoms with Crippen molar-refractivity contribution in [1.82, 2.24) is 0 Å². The van der Waals surface area contributed by atoms with Crippen LogP contribution in [0, 0.1) is 17.6 Å². The van der Waals surface area contributed by atoms with Gasteiger partial charge in [0.05, 0.1) is 6.10 Å². The van der Waals surface area contributed by atoms with Gasteiger partial charge < -0.3 is 5.11 Å². The Morgan fingerprint density at radius 2 is 1.71 bits per heavy atom. The largest absolute Gasteiger partial charge is 0.388 e. The lowest BCUT2D eigenvalue weighted by Gasteiger charge is -2.22. The maximum Gasteiger partial charge on any atom is 0.164 e. The maximum atomic E-state index is 13.6. The van der Waals surface area contributed by atoms with Crippen molar-refractivity contribution in [3.05, 3.63) is 35.4 Å². The molecule has 0 bridgehead atoms. The third-order valence-corrected chi connectivity index (χ3v) is 3.07. The average Bonchev–Trinajstić information content (AvgIpc) is 2.31. The molecule has 96 valence electrons. The number of aliphatic hydroxyl groups excluding tert-OH is 1. The fourth-order valence-electron chi connectivity index (χ4n) is 2.20. The first kappa shape index (κ1) is 14.1. The molecule has 0 aromatic heterocycles. The van der Waals surface area contributed by atoms with Crippen LogP contribution in [0.2, 0.25) is 0 Å². The molecule has 0 saturated carbocycles. The zero-order chi connectivity index (χ0) is 12.8. The molecule has 3 heteroatoms. The highest BCUT2D eigenvalue weighted by atomic mass is 19.2. The van der Waals surface area contributed by atoms with Gasteiger partial charge in [-0.25, -0.2) is 8.78 Å². The van der Waals surface area contributed by atoms with Crippen molar-refractivity contribution in [1.29, 1.82) is 0 Å². The molecule has 0 fully saturated rings. The molecule has 1 nitrogen and oxygen atoms in total. The molecule has 0 radical (unpaired) electrons. The molecule has 1 aromatic carbocycles. The Morgan fingerprint density at radius 3 is 2.24 bits per heavy atom. The van der Waals surface area contributed by atoms with E-state index in [1.54, 1.807) is 0 Å². The molecule has 0 spiro atoms. The minimum atomic E-state index is -0.919. The van der Waals surface area contributed by atoms with Crippen molar-refractivity contribution in [3.8, 4) is 0 Å². The summed E-state index contributed by atoms with van der Waals surface area (Å²) in [4.78, 5) is 0. The van der Waals surface area contributed by atoms with E-state index >= 15 is 0 Å². The molecule has 0 amide bonds. The minimum absolute atomic E-state index is 0.00120. The Bertz CT molecular complexity index is 346. The van der Waals surface area contributed by atoms with Crippen LogP contribution < -0.4 is 0 Å². The van der Waals surface area contributed by atoms with E-state index in [0.717, 1.165) is 31.7 Å². The molecule has 0 aliphatic heterocycles. The summed E-state index contributed by atoms with van der Waals surface area (Å²) in [6, 6.07) is 3.97. The Labute approximate surface area is 101 Å². The fourth-order valence-corrected chi connectivity index (χ4v) is 2.20. The molecular weight excluding hydrogens is 222 g/mol. The molecule has 1 atom stereocenters. The van der Waals surface area contributed by atoms with E-state index in [9.17, 15) is 13.9 Å². The van der Waals surface area contributed by atoms with Crippen LogP contribution in [0.3, 0.4) is 0 Å². The third kappa shape index (κ3) is 3.50. The predicted molar refractivity (Wildman–Crippen MR) is 64.6 cm³/mol. The van der Waals surface area contributed by atoms with E-state index < -0.39 is 17.7 Å². The average molecular weight is 242 g/mol. The van der Waals surface area contributed by atoms with E-state index in [4.69, 9.17) is 0 Å². The Hall–Kier alpha value is -0.960. The lowest BCUT2D eigenvalue weighted by molar-refractivity contribution is 0.0922. The minimum Gasteiger partial charge on any atom is -0.388 e. The maximum absolute atomic E-state index is 13.6.